The molecule has 0 aliphatic carbocycles. The van der Waals surface area contributed by atoms with Gasteiger partial charge in [0.05, 0.1) is 5.69 Å². The van der Waals surface area contributed by atoms with Crippen molar-refractivity contribution in [3.63, 3.8) is 0 Å². The van der Waals surface area contributed by atoms with Crippen molar-refractivity contribution in [3.05, 3.63) is 78.4 Å². The van der Waals surface area contributed by atoms with E-state index in [2.05, 4.69) is 5.32 Å². The summed E-state index contributed by atoms with van der Waals surface area (Å²) in [4.78, 5) is 23.6. The van der Waals surface area contributed by atoms with Gasteiger partial charge >= 0.3 is 12.1 Å². The quantitative estimate of drug-likeness (QED) is 0.736. The highest BCUT2D eigenvalue weighted by Crippen LogP contribution is 2.23. The van der Waals surface area contributed by atoms with Crippen LogP contribution in [0, 0.1) is 0 Å². The first-order valence-electron chi connectivity index (χ1n) is 7.85. The standard InChI is InChI=1S/C20H17NO4/c22-19(23)18(13-14-7-2-1-3-8-14)25-20(24)21-17-12-6-10-15-9-4-5-11-16(15)17/h1-12,18H,13H2,(H,21,24)(H,22,23)/t18-/m0/s1. The topological polar surface area (TPSA) is 75.6 Å². The summed E-state index contributed by atoms with van der Waals surface area (Å²) in [5, 5.41) is 13.8. The first-order valence-corrected chi connectivity index (χ1v) is 7.85. The van der Waals surface area contributed by atoms with Crippen LogP contribution in [0.2, 0.25) is 0 Å². The second-order valence-electron chi connectivity index (χ2n) is 5.57. The monoisotopic (exact) mass is 335 g/mol. The third kappa shape index (κ3) is 4.14. The van der Waals surface area contributed by atoms with E-state index in [1.807, 2.05) is 54.6 Å². The Labute approximate surface area is 144 Å². The van der Waals surface area contributed by atoms with Crippen molar-refractivity contribution in [2.24, 2.45) is 0 Å². The Morgan fingerprint density at radius 3 is 2.36 bits per heavy atom. The minimum atomic E-state index is -1.25. The number of carbonyl (C=O) groups is 2. The van der Waals surface area contributed by atoms with E-state index in [9.17, 15) is 14.7 Å². The van der Waals surface area contributed by atoms with E-state index in [1.54, 1.807) is 18.2 Å². The number of hydrogen-bond acceptors (Lipinski definition) is 3. The molecule has 0 aliphatic rings. The van der Waals surface area contributed by atoms with Crippen molar-refractivity contribution in [1.82, 2.24) is 0 Å². The van der Waals surface area contributed by atoms with Crippen molar-refractivity contribution in [1.29, 1.82) is 0 Å². The van der Waals surface area contributed by atoms with Crippen LogP contribution in [-0.4, -0.2) is 23.3 Å². The van der Waals surface area contributed by atoms with Crippen LogP contribution in [0.5, 0.6) is 0 Å². The first kappa shape index (κ1) is 16.5. The highest BCUT2D eigenvalue weighted by Gasteiger charge is 2.23. The molecule has 0 bridgehead atoms. The van der Waals surface area contributed by atoms with Gasteiger partial charge in [-0.3, -0.25) is 5.32 Å². The van der Waals surface area contributed by atoms with E-state index < -0.39 is 18.2 Å². The zero-order valence-electron chi connectivity index (χ0n) is 13.4. The zero-order valence-corrected chi connectivity index (χ0v) is 13.4. The van der Waals surface area contributed by atoms with Crippen LogP contribution in [0.1, 0.15) is 5.56 Å². The molecule has 0 saturated carbocycles. The Balaban J connectivity index is 1.72. The van der Waals surface area contributed by atoms with E-state index in [-0.39, 0.29) is 6.42 Å². The molecule has 5 heteroatoms. The number of aliphatic carboxylic acids is 1. The van der Waals surface area contributed by atoms with Gasteiger partial charge in [-0.15, -0.1) is 0 Å². The van der Waals surface area contributed by atoms with Gasteiger partial charge in [0, 0.05) is 11.8 Å². The second kappa shape index (κ2) is 7.49. The van der Waals surface area contributed by atoms with Crippen molar-refractivity contribution < 1.29 is 19.4 Å². The SMILES string of the molecule is O=C(Nc1cccc2ccccc12)O[C@@H](Cc1ccccc1)C(=O)O. The number of benzene rings is 3. The van der Waals surface area contributed by atoms with Gasteiger partial charge < -0.3 is 9.84 Å². The molecule has 3 aromatic carbocycles. The van der Waals surface area contributed by atoms with Gasteiger partial charge in [-0.2, -0.15) is 0 Å². The smallest absolute Gasteiger partial charge is 0.412 e. The van der Waals surface area contributed by atoms with E-state index in [4.69, 9.17) is 4.74 Å². The predicted molar refractivity (Wildman–Crippen MR) is 95.6 cm³/mol. The fourth-order valence-electron chi connectivity index (χ4n) is 2.61. The van der Waals surface area contributed by atoms with Crippen LogP contribution in [0.15, 0.2) is 72.8 Å². The zero-order chi connectivity index (χ0) is 17.6. The Morgan fingerprint density at radius 1 is 0.920 bits per heavy atom. The molecule has 126 valence electrons. The van der Waals surface area contributed by atoms with Gasteiger partial charge in [0.1, 0.15) is 0 Å². The van der Waals surface area contributed by atoms with Crippen molar-refractivity contribution in [3.8, 4) is 0 Å². The second-order valence-corrected chi connectivity index (χ2v) is 5.57. The maximum Gasteiger partial charge on any atom is 0.412 e. The number of ether oxygens (including phenoxy) is 1. The molecule has 25 heavy (non-hydrogen) atoms. The molecular formula is C20H17NO4. The molecular weight excluding hydrogens is 318 g/mol. The summed E-state index contributed by atoms with van der Waals surface area (Å²) in [5.41, 5.74) is 1.36. The lowest BCUT2D eigenvalue weighted by molar-refractivity contribution is -0.146. The molecule has 0 heterocycles. The summed E-state index contributed by atoms with van der Waals surface area (Å²) >= 11 is 0. The van der Waals surface area contributed by atoms with Crippen LogP contribution in [-0.2, 0) is 16.0 Å². The Kier molecular flexibility index (Phi) is 4.95. The highest BCUT2D eigenvalue weighted by atomic mass is 16.6. The number of carboxylic acids is 1. The lowest BCUT2D eigenvalue weighted by Crippen LogP contribution is -2.31. The van der Waals surface area contributed by atoms with Crippen LogP contribution in [0.25, 0.3) is 10.8 Å². The number of carbonyl (C=O) groups excluding carboxylic acids is 1. The summed E-state index contributed by atoms with van der Waals surface area (Å²) < 4.78 is 5.12. The first-order chi connectivity index (χ1) is 12.1. The average molecular weight is 335 g/mol. The Hall–Kier alpha value is -3.34. The number of amides is 1. The van der Waals surface area contributed by atoms with Gasteiger partial charge in [-0.05, 0) is 17.0 Å². The normalized spacial score (nSPS) is 11.7. The number of fused-ring (bicyclic) bond motifs is 1. The molecule has 3 rings (SSSR count). The highest BCUT2D eigenvalue weighted by molar-refractivity contribution is 6.00. The van der Waals surface area contributed by atoms with Gasteiger partial charge in [0.25, 0.3) is 0 Å². The number of rotatable bonds is 5. The molecule has 0 aromatic heterocycles. The Morgan fingerprint density at radius 2 is 1.60 bits per heavy atom. The number of anilines is 1. The van der Waals surface area contributed by atoms with Gasteiger partial charge in [0.15, 0.2) is 0 Å². The summed E-state index contributed by atoms with van der Waals surface area (Å²) in [6, 6.07) is 22.1. The molecule has 1 atom stereocenters. The van der Waals surface area contributed by atoms with E-state index in [0.717, 1.165) is 16.3 Å². The van der Waals surface area contributed by atoms with Gasteiger partial charge in [-0.25, -0.2) is 9.59 Å². The number of carboxylic acid groups (broad SMARTS) is 1. The average Bonchev–Trinajstić information content (AvgIpc) is 2.62. The fourth-order valence-corrected chi connectivity index (χ4v) is 2.61. The molecule has 0 spiro atoms. The van der Waals surface area contributed by atoms with Gasteiger partial charge in [0.2, 0.25) is 6.10 Å². The molecule has 5 nitrogen and oxygen atoms in total. The van der Waals surface area contributed by atoms with Crippen molar-refractivity contribution >= 4 is 28.5 Å². The van der Waals surface area contributed by atoms with Gasteiger partial charge in [-0.1, -0.05) is 66.7 Å². The minimum absolute atomic E-state index is 0.110. The molecule has 0 saturated heterocycles. The Bertz CT molecular complexity index is 887. The summed E-state index contributed by atoms with van der Waals surface area (Å²) in [7, 11) is 0. The van der Waals surface area contributed by atoms with Crippen LogP contribution < -0.4 is 5.32 Å². The molecule has 2 N–H and O–H groups in total. The third-order valence-corrected chi connectivity index (χ3v) is 3.82. The maximum atomic E-state index is 12.2. The predicted octanol–water partition coefficient (Wildman–Crippen LogP) is 4.08. The molecule has 0 radical (unpaired) electrons. The summed E-state index contributed by atoms with van der Waals surface area (Å²) in [5.74, 6) is -1.18. The lowest BCUT2D eigenvalue weighted by atomic mass is 10.1. The molecule has 3 aromatic rings. The number of hydrogen-bond donors (Lipinski definition) is 2. The maximum absolute atomic E-state index is 12.2. The summed E-state index contributed by atoms with van der Waals surface area (Å²) in [6.07, 6.45) is -1.93. The largest absolute Gasteiger partial charge is 0.478 e. The number of nitrogens with one attached hydrogen (secondary N) is 1. The van der Waals surface area contributed by atoms with Crippen LogP contribution in [0.3, 0.4) is 0 Å². The summed E-state index contributed by atoms with van der Waals surface area (Å²) in [6.45, 7) is 0. The molecule has 0 aliphatic heterocycles. The molecule has 0 unspecified atom stereocenters. The third-order valence-electron chi connectivity index (χ3n) is 3.82. The lowest BCUT2D eigenvalue weighted by Gasteiger charge is -2.15. The molecule has 0 fully saturated rings. The van der Waals surface area contributed by atoms with Crippen molar-refractivity contribution in [2.75, 3.05) is 5.32 Å². The van der Waals surface area contributed by atoms with E-state index >= 15 is 0 Å². The van der Waals surface area contributed by atoms with Crippen LogP contribution in [0.4, 0.5) is 10.5 Å². The fraction of sp³-hybridized carbons (Fsp3) is 0.100. The minimum Gasteiger partial charge on any atom is -0.478 e. The molecule has 1 amide bonds. The van der Waals surface area contributed by atoms with Crippen LogP contribution >= 0.6 is 0 Å². The van der Waals surface area contributed by atoms with E-state index in [1.165, 1.54) is 0 Å². The van der Waals surface area contributed by atoms with E-state index in [0.29, 0.717) is 5.69 Å². The van der Waals surface area contributed by atoms with Crippen molar-refractivity contribution in [2.45, 2.75) is 12.5 Å².